The van der Waals surface area contributed by atoms with Gasteiger partial charge in [-0.1, -0.05) is 84.6 Å². The summed E-state index contributed by atoms with van der Waals surface area (Å²) in [4.78, 5) is 0. The molecule has 0 aliphatic heterocycles. The SMILES string of the molecule is CC(C#CC(C)OP(=O)(c1ccccc1)c1ccccc1)OP(=O)(c1ccccc1)c1ccccc1. The van der Waals surface area contributed by atoms with Crippen LogP contribution in [-0.4, -0.2) is 12.2 Å². The minimum absolute atomic E-state index is 0.604. The number of hydrogen-bond donors (Lipinski definition) is 0. The van der Waals surface area contributed by atoms with E-state index < -0.39 is 26.9 Å². The van der Waals surface area contributed by atoms with E-state index in [0.29, 0.717) is 21.2 Å². The fourth-order valence-corrected chi connectivity index (χ4v) is 8.11. The lowest BCUT2D eigenvalue weighted by atomic mass is 10.3. The molecule has 0 bridgehead atoms. The van der Waals surface area contributed by atoms with Gasteiger partial charge in [0.2, 0.25) is 0 Å². The molecule has 0 saturated heterocycles. The topological polar surface area (TPSA) is 52.6 Å². The molecule has 0 fully saturated rings. The number of hydrogen-bond acceptors (Lipinski definition) is 4. The van der Waals surface area contributed by atoms with Crippen LogP contribution in [0.2, 0.25) is 0 Å². The van der Waals surface area contributed by atoms with Gasteiger partial charge in [0.05, 0.1) is 0 Å². The first-order valence-electron chi connectivity index (χ1n) is 11.7. The zero-order chi connectivity index (χ0) is 25.4. The lowest BCUT2D eigenvalue weighted by Gasteiger charge is -2.22. The molecule has 0 radical (unpaired) electrons. The van der Waals surface area contributed by atoms with Crippen LogP contribution < -0.4 is 21.2 Å². The lowest BCUT2D eigenvalue weighted by molar-refractivity contribution is 0.279. The summed E-state index contributed by atoms with van der Waals surface area (Å²) in [5.41, 5.74) is 0. The van der Waals surface area contributed by atoms with Gasteiger partial charge in [0.15, 0.2) is 0 Å². The predicted molar refractivity (Wildman–Crippen MR) is 148 cm³/mol. The first kappa shape index (κ1) is 25.9. The molecule has 0 saturated carbocycles. The highest BCUT2D eigenvalue weighted by atomic mass is 31.2. The molecule has 182 valence electrons. The molecule has 6 heteroatoms. The van der Waals surface area contributed by atoms with Crippen LogP contribution in [0.1, 0.15) is 13.8 Å². The maximum atomic E-state index is 14.1. The smallest absolute Gasteiger partial charge is 0.262 e. The largest absolute Gasteiger partial charge is 0.306 e. The van der Waals surface area contributed by atoms with Gasteiger partial charge in [-0.3, -0.25) is 9.13 Å². The Balaban J connectivity index is 1.58. The van der Waals surface area contributed by atoms with E-state index in [1.165, 1.54) is 0 Å². The third-order valence-electron chi connectivity index (χ3n) is 5.49. The maximum Gasteiger partial charge on any atom is 0.262 e. The van der Waals surface area contributed by atoms with E-state index in [9.17, 15) is 9.13 Å². The molecule has 2 atom stereocenters. The van der Waals surface area contributed by atoms with Crippen molar-refractivity contribution in [2.24, 2.45) is 0 Å². The van der Waals surface area contributed by atoms with Gasteiger partial charge < -0.3 is 9.05 Å². The molecule has 4 rings (SSSR count). The first-order valence-corrected chi connectivity index (χ1v) is 15.0. The minimum atomic E-state index is -3.37. The van der Waals surface area contributed by atoms with E-state index in [2.05, 4.69) is 11.8 Å². The average molecular weight is 514 g/mol. The van der Waals surface area contributed by atoms with Crippen molar-refractivity contribution in [2.45, 2.75) is 26.1 Å². The molecule has 2 unspecified atom stereocenters. The van der Waals surface area contributed by atoms with Gasteiger partial charge in [-0.2, -0.15) is 0 Å². The Hall–Kier alpha value is -3.18. The van der Waals surface area contributed by atoms with E-state index in [1.807, 2.05) is 72.8 Å². The van der Waals surface area contributed by atoms with Crippen molar-refractivity contribution in [1.82, 2.24) is 0 Å². The molecule has 4 aromatic carbocycles. The lowest BCUT2D eigenvalue weighted by Crippen LogP contribution is -2.22. The fourth-order valence-electron chi connectivity index (χ4n) is 3.77. The summed E-state index contributed by atoms with van der Waals surface area (Å²) in [6.07, 6.45) is -1.31. The van der Waals surface area contributed by atoms with Crippen molar-refractivity contribution in [3.8, 4) is 11.8 Å². The van der Waals surface area contributed by atoms with Crippen LogP contribution in [-0.2, 0) is 18.2 Å². The molecule has 4 aromatic rings. The van der Waals surface area contributed by atoms with E-state index in [4.69, 9.17) is 9.05 Å². The second kappa shape index (κ2) is 11.7. The molecular weight excluding hydrogens is 486 g/mol. The zero-order valence-electron chi connectivity index (χ0n) is 20.2. The molecule has 0 N–H and O–H groups in total. The van der Waals surface area contributed by atoms with Gasteiger partial charge in [0, 0.05) is 21.2 Å². The Morgan fingerprint density at radius 3 is 0.917 bits per heavy atom. The highest BCUT2D eigenvalue weighted by molar-refractivity contribution is 7.74. The molecule has 0 heterocycles. The standard InChI is InChI=1S/C30H28O4P2/c1-25(33-35(31,27-15-7-3-8-16-27)28-17-9-4-10-18-28)23-24-26(2)34-36(32,29-19-11-5-12-20-29)30-21-13-6-14-22-30/h3-22,25-26H,1-2H3. The third-order valence-corrected chi connectivity index (χ3v) is 10.6. The van der Waals surface area contributed by atoms with Crippen molar-refractivity contribution in [2.75, 3.05) is 0 Å². The molecule has 36 heavy (non-hydrogen) atoms. The fraction of sp³-hybridized carbons (Fsp3) is 0.133. The quantitative estimate of drug-likeness (QED) is 0.225. The highest BCUT2D eigenvalue weighted by Crippen LogP contribution is 2.47. The van der Waals surface area contributed by atoms with Crippen LogP contribution in [0.25, 0.3) is 0 Å². The molecule has 0 amide bonds. The van der Waals surface area contributed by atoms with Crippen LogP contribution in [0.15, 0.2) is 121 Å². The Labute approximate surface area is 213 Å². The van der Waals surface area contributed by atoms with Gasteiger partial charge in [-0.05, 0) is 62.4 Å². The summed E-state index contributed by atoms with van der Waals surface area (Å²) in [7, 11) is -6.75. The molecule has 4 nitrogen and oxygen atoms in total. The monoisotopic (exact) mass is 514 g/mol. The van der Waals surface area contributed by atoms with E-state index >= 15 is 0 Å². The Morgan fingerprint density at radius 1 is 0.472 bits per heavy atom. The minimum Gasteiger partial charge on any atom is -0.306 e. The summed E-state index contributed by atoms with van der Waals surface area (Å²) < 4.78 is 40.4. The molecule has 0 aromatic heterocycles. The summed E-state index contributed by atoms with van der Waals surface area (Å²) in [5.74, 6) is 6.03. The van der Waals surface area contributed by atoms with Crippen molar-refractivity contribution < 1.29 is 18.2 Å². The average Bonchev–Trinajstić information content (AvgIpc) is 2.94. The highest BCUT2D eigenvalue weighted by Gasteiger charge is 2.31. The van der Waals surface area contributed by atoms with Gasteiger partial charge in [-0.15, -0.1) is 0 Å². The van der Waals surface area contributed by atoms with E-state index in [-0.39, 0.29) is 0 Å². The molecule has 0 aliphatic rings. The summed E-state index contributed by atoms with van der Waals surface area (Å²) >= 11 is 0. The van der Waals surface area contributed by atoms with Crippen LogP contribution >= 0.6 is 14.7 Å². The van der Waals surface area contributed by atoms with Gasteiger partial charge in [0.1, 0.15) is 12.2 Å². The van der Waals surface area contributed by atoms with E-state index in [0.717, 1.165) is 0 Å². The van der Waals surface area contributed by atoms with Crippen LogP contribution in [0.5, 0.6) is 0 Å². The number of benzene rings is 4. The third kappa shape index (κ3) is 5.96. The Bertz CT molecular complexity index is 1220. The van der Waals surface area contributed by atoms with Gasteiger partial charge in [-0.25, -0.2) is 0 Å². The van der Waals surface area contributed by atoms with Crippen molar-refractivity contribution in [3.05, 3.63) is 121 Å². The van der Waals surface area contributed by atoms with Crippen molar-refractivity contribution in [1.29, 1.82) is 0 Å². The summed E-state index contributed by atoms with van der Waals surface area (Å²) in [6, 6.07) is 36.6. The summed E-state index contributed by atoms with van der Waals surface area (Å²) in [6.45, 7) is 3.51. The zero-order valence-corrected chi connectivity index (χ0v) is 22.0. The predicted octanol–water partition coefficient (Wildman–Crippen LogP) is 5.66. The number of rotatable bonds is 8. The van der Waals surface area contributed by atoms with Crippen LogP contribution in [0.4, 0.5) is 0 Å². The van der Waals surface area contributed by atoms with E-state index in [1.54, 1.807) is 62.4 Å². The maximum absolute atomic E-state index is 14.1. The molecular formula is C30H28O4P2. The first-order chi connectivity index (χ1) is 17.4. The normalized spacial score (nSPS) is 13.3. The second-order valence-corrected chi connectivity index (χ2v) is 12.9. The van der Waals surface area contributed by atoms with Crippen LogP contribution in [0, 0.1) is 11.8 Å². The summed E-state index contributed by atoms with van der Waals surface area (Å²) in [5, 5.41) is 2.41. The van der Waals surface area contributed by atoms with Gasteiger partial charge in [0.25, 0.3) is 14.7 Å². The molecule has 0 spiro atoms. The van der Waals surface area contributed by atoms with Crippen molar-refractivity contribution in [3.63, 3.8) is 0 Å². The Morgan fingerprint density at radius 2 is 0.694 bits per heavy atom. The second-order valence-electron chi connectivity index (χ2n) is 8.23. The van der Waals surface area contributed by atoms with Crippen LogP contribution in [0.3, 0.4) is 0 Å². The Kier molecular flexibility index (Phi) is 8.42. The molecule has 0 aliphatic carbocycles. The van der Waals surface area contributed by atoms with Crippen molar-refractivity contribution >= 4 is 36.0 Å². The van der Waals surface area contributed by atoms with Gasteiger partial charge >= 0.3 is 0 Å².